The molecule has 0 saturated carbocycles. The van der Waals surface area contributed by atoms with E-state index in [1.165, 1.54) is 27.8 Å². The van der Waals surface area contributed by atoms with Crippen LogP contribution in [0.5, 0.6) is 0 Å². The highest BCUT2D eigenvalue weighted by molar-refractivity contribution is 9.09. The second-order valence-electron chi connectivity index (χ2n) is 6.26. The molecular weight excluding hydrogens is 308 g/mol. The van der Waals surface area contributed by atoms with Gasteiger partial charge in [-0.1, -0.05) is 77.8 Å². The van der Waals surface area contributed by atoms with Crippen molar-refractivity contribution in [3.63, 3.8) is 0 Å². The summed E-state index contributed by atoms with van der Waals surface area (Å²) in [6.45, 7) is 11.2. The Morgan fingerprint density at radius 1 is 0.900 bits per heavy atom. The minimum atomic E-state index is 0.0477. The van der Waals surface area contributed by atoms with E-state index >= 15 is 0 Å². The average molecular weight is 331 g/mol. The quantitative estimate of drug-likeness (QED) is 0.603. The number of hydrogen-bond acceptors (Lipinski definition) is 0. The molecule has 0 bridgehead atoms. The molecule has 0 spiro atoms. The first-order chi connectivity index (χ1) is 9.34. The van der Waals surface area contributed by atoms with E-state index in [1.807, 2.05) is 0 Å². The zero-order chi connectivity index (χ0) is 14.9. The molecule has 2 aromatic carbocycles. The van der Waals surface area contributed by atoms with Gasteiger partial charge in [0.05, 0.1) is 0 Å². The Balaban J connectivity index is 2.48. The van der Waals surface area contributed by atoms with Crippen LogP contribution in [0, 0.1) is 20.8 Å². The van der Waals surface area contributed by atoms with E-state index in [9.17, 15) is 0 Å². The van der Waals surface area contributed by atoms with Crippen molar-refractivity contribution in [1.29, 1.82) is 0 Å². The fourth-order valence-electron chi connectivity index (χ4n) is 2.97. The van der Waals surface area contributed by atoms with Crippen LogP contribution >= 0.6 is 15.9 Å². The first-order valence-electron chi connectivity index (χ1n) is 7.11. The predicted molar refractivity (Wildman–Crippen MR) is 91.8 cm³/mol. The standard InChI is InChI=1S/C19H23Br/c1-13-11-14(2)17(15(3)12-13)18(20)19(4,5)16-9-7-6-8-10-16/h6-12,18H,1-5H3. The highest BCUT2D eigenvalue weighted by atomic mass is 79.9. The summed E-state index contributed by atoms with van der Waals surface area (Å²) in [4.78, 5) is 0.304. The molecule has 0 aliphatic rings. The van der Waals surface area contributed by atoms with Crippen molar-refractivity contribution >= 4 is 15.9 Å². The Bertz CT molecular complexity index is 573. The van der Waals surface area contributed by atoms with E-state index in [0.29, 0.717) is 4.83 Å². The number of rotatable bonds is 3. The normalized spacial score (nSPS) is 13.3. The van der Waals surface area contributed by atoms with Gasteiger partial charge in [0, 0.05) is 10.2 Å². The van der Waals surface area contributed by atoms with Crippen LogP contribution in [-0.2, 0) is 5.41 Å². The zero-order valence-electron chi connectivity index (χ0n) is 13.0. The lowest BCUT2D eigenvalue weighted by Gasteiger charge is -2.33. The van der Waals surface area contributed by atoms with E-state index in [0.717, 1.165) is 0 Å². The average Bonchev–Trinajstić information content (AvgIpc) is 2.38. The molecule has 0 amide bonds. The third kappa shape index (κ3) is 2.83. The predicted octanol–water partition coefficient (Wildman–Crippen LogP) is 6.03. The smallest absolute Gasteiger partial charge is 0.0491 e. The lowest BCUT2D eigenvalue weighted by Crippen LogP contribution is -2.24. The highest BCUT2D eigenvalue weighted by Crippen LogP contribution is 2.45. The van der Waals surface area contributed by atoms with Crippen LogP contribution in [0.4, 0.5) is 0 Å². The largest absolute Gasteiger partial charge is 0.0829 e. The van der Waals surface area contributed by atoms with Gasteiger partial charge in [-0.15, -0.1) is 0 Å². The van der Waals surface area contributed by atoms with Crippen LogP contribution in [0.15, 0.2) is 42.5 Å². The molecule has 0 nitrogen and oxygen atoms in total. The SMILES string of the molecule is Cc1cc(C)c(C(Br)C(C)(C)c2ccccc2)c(C)c1. The summed E-state index contributed by atoms with van der Waals surface area (Å²) in [5.41, 5.74) is 6.90. The minimum Gasteiger partial charge on any atom is -0.0829 e. The molecule has 0 aliphatic carbocycles. The molecule has 0 heterocycles. The Kier molecular flexibility index (Phi) is 4.39. The second kappa shape index (κ2) is 5.73. The van der Waals surface area contributed by atoms with Crippen LogP contribution in [0.25, 0.3) is 0 Å². The molecule has 0 aromatic heterocycles. The molecule has 1 unspecified atom stereocenters. The maximum absolute atomic E-state index is 3.97. The fourth-order valence-corrected chi connectivity index (χ4v) is 3.95. The van der Waals surface area contributed by atoms with E-state index < -0.39 is 0 Å². The summed E-state index contributed by atoms with van der Waals surface area (Å²) >= 11 is 3.97. The van der Waals surface area contributed by atoms with E-state index in [-0.39, 0.29) is 5.41 Å². The summed E-state index contributed by atoms with van der Waals surface area (Å²) in [5, 5.41) is 0. The number of aryl methyl sites for hydroxylation is 3. The molecule has 0 saturated heterocycles. The summed E-state index contributed by atoms with van der Waals surface area (Å²) in [6.07, 6.45) is 0. The van der Waals surface area contributed by atoms with Crippen LogP contribution in [-0.4, -0.2) is 0 Å². The minimum absolute atomic E-state index is 0.0477. The van der Waals surface area contributed by atoms with Gasteiger partial charge in [-0.25, -0.2) is 0 Å². The Labute approximate surface area is 131 Å². The molecule has 0 radical (unpaired) electrons. The van der Waals surface area contributed by atoms with Crippen LogP contribution in [0.3, 0.4) is 0 Å². The number of halogens is 1. The van der Waals surface area contributed by atoms with Gasteiger partial charge >= 0.3 is 0 Å². The molecule has 1 heteroatoms. The van der Waals surface area contributed by atoms with Crippen LogP contribution in [0.2, 0.25) is 0 Å². The summed E-state index contributed by atoms with van der Waals surface area (Å²) in [5.74, 6) is 0. The summed E-state index contributed by atoms with van der Waals surface area (Å²) < 4.78 is 0. The van der Waals surface area contributed by atoms with Gasteiger partial charge in [-0.3, -0.25) is 0 Å². The van der Waals surface area contributed by atoms with Gasteiger partial charge in [0.25, 0.3) is 0 Å². The van der Waals surface area contributed by atoms with Gasteiger partial charge in [0.1, 0.15) is 0 Å². The van der Waals surface area contributed by atoms with Crippen molar-refractivity contribution in [3.05, 3.63) is 70.3 Å². The van der Waals surface area contributed by atoms with Crippen LogP contribution in [0.1, 0.15) is 46.5 Å². The Morgan fingerprint density at radius 2 is 1.40 bits per heavy atom. The topological polar surface area (TPSA) is 0 Å². The number of hydrogen-bond donors (Lipinski definition) is 0. The van der Waals surface area contributed by atoms with Gasteiger partial charge in [0.2, 0.25) is 0 Å². The van der Waals surface area contributed by atoms with Crippen molar-refractivity contribution in [3.8, 4) is 0 Å². The van der Waals surface area contributed by atoms with Crippen molar-refractivity contribution in [2.24, 2.45) is 0 Å². The molecule has 2 rings (SSSR count). The zero-order valence-corrected chi connectivity index (χ0v) is 14.6. The molecule has 2 aromatic rings. The first-order valence-corrected chi connectivity index (χ1v) is 8.03. The van der Waals surface area contributed by atoms with Crippen LogP contribution < -0.4 is 0 Å². The lowest BCUT2D eigenvalue weighted by atomic mass is 9.77. The van der Waals surface area contributed by atoms with E-state index in [4.69, 9.17) is 0 Å². The van der Waals surface area contributed by atoms with E-state index in [1.54, 1.807) is 0 Å². The fraction of sp³-hybridized carbons (Fsp3) is 0.368. The lowest BCUT2D eigenvalue weighted by molar-refractivity contribution is 0.515. The number of benzene rings is 2. The molecule has 20 heavy (non-hydrogen) atoms. The van der Waals surface area contributed by atoms with Gasteiger partial charge in [-0.05, 0) is 43.0 Å². The maximum Gasteiger partial charge on any atom is 0.0491 e. The van der Waals surface area contributed by atoms with Gasteiger partial charge in [-0.2, -0.15) is 0 Å². The van der Waals surface area contributed by atoms with Crippen molar-refractivity contribution in [1.82, 2.24) is 0 Å². The van der Waals surface area contributed by atoms with Gasteiger partial charge in [0.15, 0.2) is 0 Å². The summed E-state index contributed by atoms with van der Waals surface area (Å²) in [7, 11) is 0. The molecule has 106 valence electrons. The molecule has 0 N–H and O–H groups in total. The highest BCUT2D eigenvalue weighted by Gasteiger charge is 2.32. The van der Waals surface area contributed by atoms with Crippen molar-refractivity contribution in [2.75, 3.05) is 0 Å². The molecule has 0 fully saturated rings. The molecular formula is C19H23Br. The van der Waals surface area contributed by atoms with E-state index in [2.05, 4.69) is 93.0 Å². The maximum atomic E-state index is 3.97. The Hall–Kier alpha value is -1.08. The monoisotopic (exact) mass is 330 g/mol. The molecule has 1 atom stereocenters. The number of alkyl halides is 1. The third-order valence-electron chi connectivity index (χ3n) is 4.14. The summed E-state index contributed by atoms with van der Waals surface area (Å²) in [6, 6.07) is 15.3. The van der Waals surface area contributed by atoms with Gasteiger partial charge < -0.3 is 0 Å². The second-order valence-corrected chi connectivity index (χ2v) is 7.18. The first kappa shape index (κ1) is 15.3. The third-order valence-corrected chi connectivity index (χ3v) is 5.75. The van der Waals surface area contributed by atoms with Crippen molar-refractivity contribution < 1.29 is 0 Å². The van der Waals surface area contributed by atoms with Crippen molar-refractivity contribution in [2.45, 2.75) is 44.9 Å². The molecule has 0 aliphatic heterocycles. The Morgan fingerprint density at radius 3 is 1.90 bits per heavy atom.